The zero-order valence-corrected chi connectivity index (χ0v) is 30.9. The first kappa shape index (κ1) is 32.7. The number of fused-ring (bicyclic) bond motifs is 5. The maximum absolute atomic E-state index is 4.93. The third-order valence-electron chi connectivity index (χ3n) is 11.3. The van der Waals surface area contributed by atoms with E-state index in [1.165, 1.54) is 44.8 Å². The van der Waals surface area contributed by atoms with Gasteiger partial charge in [-0.15, -0.1) is 0 Å². The Morgan fingerprint density at radius 2 is 1.04 bits per heavy atom. The van der Waals surface area contributed by atoms with Crippen LogP contribution in [0.2, 0.25) is 0 Å². The Balaban J connectivity index is 1.19. The Bertz CT molecular complexity index is 2830. The summed E-state index contributed by atoms with van der Waals surface area (Å²) in [5.74, 6) is 0. The molecule has 0 atom stereocenters. The topological polar surface area (TPSA) is 19.4 Å². The summed E-state index contributed by atoms with van der Waals surface area (Å²) in [5, 5.41) is 3.43. The molecule has 0 spiro atoms. The summed E-state index contributed by atoms with van der Waals surface area (Å²) in [6.07, 6.45) is 1.90. The first-order valence-corrected chi connectivity index (χ1v) is 19.0. The van der Waals surface area contributed by atoms with Crippen molar-refractivity contribution in [2.75, 3.05) is 9.80 Å². The van der Waals surface area contributed by atoms with Crippen LogP contribution in [0.1, 0.15) is 25.0 Å². The van der Waals surface area contributed by atoms with E-state index in [2.05, 4.69) is 212 Å². The van der Waals surface area contributed by atoms with E-state index in [-0.39, 0.29) is 5.41 Å². The van der Waals surface area contributed by atoms with Gasteiger partial charge in [-0.25, -0.2) is 0 Å². The molecule has 0 fully saturated rings. The third kappa shape index (κ3) is 5.55. The number of aromatic nitrogens is 1. The molecular formula is C52H39N3. The van der Waals surface area contributed by atoms with Crippen LogP contribution in [0.5, 0.6) is 0 Å². The number of anilines is 6. The minimum Gasteiger partial charge on any atom is -0.310 e. The van der Waals surface area contributed by atoms with E-state index in [1.54, 1.807) is 0 Å². The summed E-state index contributed by atoms with van der Waals surface area (Å²) in [6, 6.07) is 70.2. The summed E-state index contributed by atoms with van der Waals surface area (Å²) in [5.41, 5.74) is 14.9. The molecule has 3 nitrogen and oxygen atoms in total. The normalized spacial score (nSPS) is 13.0. The van der Waals surface area contributed by atoms with Gasteiger partial charge in [0, 0.05) is 39.4 Å². The van der Waals surface area contributed by atoms with Crippen LogP contribution in [0.4, 0.5) is 34.1 Å². The molecule has 9 aromatic rings. The van der Waals surface area contributed by atoms with Crippen molar-refractivity contribution >= 4 is 55.8 Å². The fourth-order valence-corrected chi connectivity index (χ4v) is 8.47. The van der Waals surface area contributed by atoms with Crippen molar-refractivity contribution in [3.05, 3.63) is 211 Å². The molecule has 0 radical (unpaired) electrons. The summed E-state index contributed by atoms with van der Waals surface area (Å²) in [6.45, 7) is 4.75. The SMILES string of the molecule is CC1(C)c2cc(-c3ccccc3)ccc2N(c2ccc(-c3ccccc3)cc2)c2ccc(N(c3ccccc3)c3cccc4ccc5cccnc5c34)cc21. The molecule has 0 aliphatic carbocycles. The molecule has 1 aromatic heterocycles. The summed E-state index contributed by atoms with van der Waals surface area (Å²) < 4.78 is 0. The minimum absolute atomic E-state index is 0.318. The maximum atomic E-state index is 4.93. The van der Waals surface area contributed by atoms with E-state index in [0.29, 0.717) is 0 Å². The molecule has 0 N–H and O–H groups in total. The van der Waals surface area contributed by atoms with E-state index in [9.17, 15) is 0 Å². The van der Waals surface area contributed by atoms with Crippen molar-refractivity contribution < 1.29 is 0 Å². The lowest BCUT2D eigenvalue weighted by molar-refractivity contribution is 0.632. The van der Waals surface area contributed by atoms with Crippen LogP contribution in [0, 0.1) is 0 Å². The van der Waals surface area contributed by atoms with E-state index in [0.717, 1.165) is 44.4 Å². The zero-order chi connectivity index (χ0) is 36.9. The average Bonchev–Trinajstić information content (AvgIpc) is 3.25. The van der Waals surface area contributed by atoms with Gasteiger partial charge in [0.1, 0.15) is 0 Å². The first-order valence-electron chi connectivity index (χ1n) is 19.0. The van der Waals surface area contributed by atoms with Crippen LogP contribution >= 0.6 is 0 Å². The van der Waals surface area contributed by atoms with E-state index < -0.39 is 0 Å². The van der Waals surface area contributed by atoms with Crippen molar-refractivity contribution in [3.8, 4) is 22.3 Å². The highest BCUT2D eigenvalue weighted by Gasteiger charge is 2.38. The molecule has 55 heavy (non-hydrogen) atoms. The van der Waals surface area contributed by atoms with Crippen LogP contribution < -0.4 is 9.80 Å². The number of hydrogen-bond acceptors (Lipinski definition) is 3. The van der Waals surface area contributed by atoms with Crippen LogP contribution in [0.15, 0.2) is 200 Å². The highest BCUT2D eigenvalue weighted by Crippen LogP contribution is 2.54. The number of rotatable bonds is 6. The number of nitrogens with zero attached hydrogens (tertiary/aromatic N) is 3. The van der Waals surface area contributed by atoms with Crippen molar-refractivity contribution in [1.82, 2.24) is 4.98 Å². The second kappa shape index (κ2) is 13.2. The third-order valence-corrected chi connectivity index (χ3v) is 11.3. The molecule has 1 aliphatic heterocycles. The lowest BCUT2D eigenvalue weighted by atomic mass is 9.72. The van der Waals surface area contributed by atoms with Crippen LogP contribution in [0.25, 0.3) is 43.9 Å². The van der Waals surface area contributed by atoms with Crippen LogP contribution in [0.3, 0.4) is 0 Å². The van der Waals surface area contributed by atoms with E-state index in [1.807, 2.05) is 12.3 Å². The molecule has 0 amide bonds. The molecule has 2 heterocycles. The lowest BCUT2D eigenvalue weighted by Gasteiger charge is -2.43. The van der Waals surface area contributed by atoms with Crippen LogP contribution in [-0.2, 0) is 5.41 Å². The molecule has 0 unspecified atom stereocenters. The Labute approximate surface area is 322 Å². The van der Waals surface area contributed by atoms with Gasteiger partial charge < -0.3 is 9.80 Å². The Morgan fingerprint density at radius 3 is 1.76 bits per heavy atom. The molecule has 3 heteroatoms. The monoisotopic (exact) mass is 705 g/mol. The fourth-order valence-electron chi connectivity index (χ4n) is 8.47. The highest BCUT2D eigenvalue weighted by atomic mass is 15.2. The van der Waals surface area contributed by atoms with Gasteiger partial charge >= 0.3 is 0 Å². The van der Waals surface area contributed by atoms with Gasteiger partial charge in [-0.05, 0) is 105 Å². The second-order valence-electron chi connectivity index (χ2n) is 14.9. The van der Waals surface area contributed by atoms with Crippen molar-refractivity contribution in [1.29, 1.82) is 0 Å². The standard InChI is InChI=1S/C52H39N3/c1-52(2)45-34-41(37-16-8-4-9-17-37)27-31-47(45)55(43-28-25-38(26-29-43)36-14-6-3-7-15-36)48-32-30-44(35-46(48)52)54(42-20-10-5-11-21-42)49-22-12-18-39-23-24-40-19-13-33-53-51(40)50(39)49/h3-35H,1-2H3. The Kier molecular flexibility index (Phi) is 7.81. The van der Waals surface area contributed by atoms with Gasteiger partial charge in [0.25, 0.3) is 0 Å². The number of benzene rings is 8. The van der Waals surface area contributed by atoms with Gasteiger partial charge in [-0.3, -0.25) is 4.98 Å². The maximum Gasteiger partial charge on any atom is 0.0801 e. The molecule has 0 saturated carbocycles. The van der Waals surface area contributed by atoms with Gasteiger partial charge in [0.2, 0.25) is 0 Å². The predicted octanol–water partition coefficient (Wildman–Crippen LogP) is 14.3. The molecule has 10 rings (SSSR count). The Hall–Kier alpha value is -6.97. The molecule has 1 aliphatic rings. The minimum atomic E-state index is -0.318. The summed E-state index contributed by atoms with van der Waals surface area (Å²) in [4.78, 5) is 9.78. The second-order valence-corrected chi connectivity index (χ2v) is 14.9. The van der Waals surface area contributed by atoms with Gasteiger partial charge in [0.15, 0.2) is 0 Å². The van der Waals surface area contributed by atoms with Gasteiger partial charge in [-0.1, -0.05) is 141 Å². The van der Waals surface area contributed by atoms with Gasteiger partial charge in [-0.2, -0.15) is 0 Å². The molecule has 0 saturated heterocycles. The lowest BCUT2D eigenvalue weighted by Crippen LogP contribution is -2.31. The molecule has 0 bridgehead atoms. The smallest absolute Gasteiger partial charge is 0.0801 e. The predicted molar refractivity (Wildman–Crippen MR) is 232 cm³/mol. The fraction of sp³-hybridized carbons (Fsp3) is 0.0577. The molecule has 8 aromatic carbocycles. The van der Waals surface area contributed by atoms with Crippen molar-refractivity contribution in [2.45, 2.75) is 19.3 Å². The number of para-hydroxylation sites is 1. The average molecular weight is 706 g/mol. The van der Waals surface area contributed by atoms with Gasteiger partial charge in [0.05, 0.1) is 22.6 Å². The summed E-state index contributed by atoms with van der Waals surface area (Å²) >= 11 is 0. The van der Waals surface area contributed by atoms with Crippen molar-refractivity contribution in [3.63, 3.8) is 0 Å². The first-order chi connectivity index (χ1) is 27.0. The molecular weight excluding hydrogens is 667 g/mol. The Morgan fingerprint density at radius 1 is 0.455 bits per heavy atom. The highest BCUT2D eigenvalue weighted by molar-refractivity contribution is 6.13. The van der Waals surface area contributed by atoms with Crippen LogP contribution in [-0.4, -0.2) is 4.98 Å². The number of hydrogen-bond donors (Lipinski definition) is 0. The van der Waals surface area contributed by atoms with E-state index >= 15 is 0 Å². The number of pyridine rings is 1. The summed E-state index contributed by atoms with van der Waals surface area (Å²) in [7, 11) is 0. The van der Waals surface area contributed by atoms with Crippen molar-refractivity contribution in [2.24, 2.45) is 0 Å². The van der Waals surface area contributed by atoms with E-state index in [4.69, 9.17) is 4.98 Å². The largest absolute Gasteiger partial charge is 0.310 e. The molecule has 262 valence electrons. The zero-order valence-electron chi connectivity index (χ0n) is 30.9. The quantitative estimate of drug-likeness (QED) is 0.161.